The van der Waals surface area contributed by atoms with Gasteiger partial charge in [0.1, 0.15) is 4.90 Å². The van der Waals surface area contributed by atoms with E-state index in [9.17, 15) is 31.8 Å². The molecule has 2 heterocycles. The highest BCUT2D eigenvalue weighted by molar-refractivity contribution is 7.89. The zero-order chi connectivity index (χ0) is 29.0. The molecule has 10 nitrogen and oxygen atoms in total. The molecule has 0 bridgehead atoms. The highest BCUT2D eigenvalue weighted by Gasteiger charge is 2.46. The van der Waals surface area contributed by atoms with E-state index >= 15 is 0 Å². The van der Waals surface area contributed by atoms with Crippen LogP contribution in [0.1, 0.15) is 52.6 Å². The van der Waals surface area contributed by atoms with Crippen molar-refractivity contribution >= 4 is 21.6 Å². The van der Waals surface area contributed by atoms with Crippen LogP contribution in [-0.2, 0) is 29.8 Å². The smallest absolute Gasteiger partial charge is 0.364 e. The quantitative estimate of drug-likeness (QED) is 0.297. The SMILES string of the molecule is CN(Cc1cccc(-n2ncc(C(O)O)c2[C@@H]2C[C@H]2c2cn(C)nn2)c1)S(=O)(=O)c1c(Cl)cccc1C(F)(F)F. The van der Waals surface area contributed by atoms with E-state index < -0.39 is 38.0 Å². The first-order chi connectivity index (χ1) is 18.8. The number of alkyl halides is 3. The number of hydrogen-bond donors (Lipinski definition) is 2. The lowest BCUT2D eigenvalue weighted by atomic mass is 10.1. The summed E-state index contributed by atoms with van der Waals surface area (Å²) in [4.78, 5) is -1.01. The van der Waals surface area contributed by atoms with Crippen LogP contribution in [0.4, 0.5) is 13.2 Å². The van der Waals surface area contributed by atoms with E-state index in [1.165, 1.54) is 13.2 Å². The molecule has 0 saturated heterocycles. The minimum absolute atomic E-state index is 0.000409. The fraction of sp³-hybridized carbons (Fsp3) is 0.320. The second kappa shape index (κ2) is 10.3. The van der Waals surface area contributed by atoms with Gasteiger partial charge in [-0.15, -0.1) is 5.10 Å². The Morgan fingerprint density at radius 2 is 1.90 bits per heavy atom. The molecule has 4 aromatic rings. The van der Waals surface area contributed by atoms with Crippen molar-refractivity contribution in [3.63, 3.8) is 0 Å². The van der Waals surface area contributed by atoms with Crippen molar-refractivity contribution < 1.29 is 31.8 Å². The summed E-state index contributed by atoms with van der Waals surface area (Å²) in [5.74, 6) is -0.122. The third-order valence-corrected chi connectivity index (χ3v) is 9.09. The Morgan fingerprint density at radius 3 is 2.55 bits per heavy atom. The van der Waals surface area contributed by atoms with Crippen molar-refractivity contribution in [2.24, 2.45) is 7.05 Å². The average Bonchev–Trinajstić information content (AvgIpc) is 3.32. The maximum absolute atomic E-state index is 13.6. The Labute approximate surface area is 232 Å². The summed E-state index contributed by atoms with van der Waals surface area (Å²) in [5.41, 5.74) is 1.16. The first-order valence-corrected chi connectivity index (χ1v) is 13.8. The van der Waals surface area contributed by atoms with Crippen LogP contribution in [0.5, 0.6) is 0 Å². The third-order valence-electron chi connectivity index (χ3n) is 6.76. The van der Waals surface area contributed by atoms with Crippen molar-refractivity contribution in [2.75, 3.05) is 7.05 Å². The number of aliphatic hydroxyl groups is 2. The minimum atomic E-state index is -4.93. The van der Waals surface area contributed by atoms with Gasteiger partial charge in [-0.3, -0.25) is 4.68 Å². The van der Waals surface area contributed by atoms with Crippen LogP contribution in [0.15, 0.2) is 59.8 Å². The molecule has 0 radical (unpaired) electrons. The number of halogens is 4. The summed E-state index contributed by atoms with van der Waals surface area (Å²) in [6.07, 6.45) is -2.87. The zero-order valence-electron chi connectivity index (χ0n) is 21.2. The molecule has 2 aromatic heterocycles. The molecule has 1 fully saturated rings. The summed E-state index contributed by atoms with van der Waals surface area (Å²) < 4.78 is 71.2. The predicted molar refractivity (Wildman–Crippen MR) is 137 cm³/mol. The van der Waals surface area contributed by atoms with Crippen LogP contribution in [0.3, 0.4) is 0 Å². The van der Waals surface area contributed by atoms with E-state index in [-0.39, 0.29) is 23.9 Å². The van der Waals surface area contributed by atoms with Crippen molar-refractivity contribution in [3.8, 4) is 5.69 Å². The summed E-state index contributed by atoms with van der Waals surface area (Å²) >= 11 is 5.94. The lowest BCUT2D eigenvalue weighted by Gasteiger charge is -2.21. The molecule has 5 rings (SSSR count). The van der Waals surface area contributed by atoms with Gasteiger partial charge in [-0.25, -0.2) is 13.1 Å². The van der Waals surface area contributed by atoms with Crippen LogP contribution >= 0.6 is 11.6 Å². The molecule has 2 aromatic carbocycles. The first-order valence-electron chi connectivity index (χ1n) is 12.0. The number of sulfonamides is 1. The number of aryl methyl sites for hydroxylation is 1. The van der Waals surface area contributed by atoms with Crippen molar-refractivity contribution in [1.82, 2.24) is 29.1 Å². The van der Waals surface area contributed by atoms with Crippen molar-refractivity contribution in [1.29, 1.82) is 0 Å². The van der Waals surface area contributed by atoms with E-state index in [1.807, 2.05) is 0 Å². The number of benzene rings is 2. The average molecular weight is 597 g/mol. The Hall–Kier alpha value is -3.30. The minimum Gasteiger partial charge on any atom is -0.364 e. The molecular formula is C25H24ClF3N6O4S. The van der Waals surface area contributed by atoms with Gasteiger partial charge >= 0.3 is 6.18 Å². The predicted octanol–water partition coefficient (Wildman–Crippen LogP) is 3.75. The molecule has 0 amide bonds. The Balaban J connectivity index is 1.46. The number of aliphatic hydroxyl groups excluding tert-OH is 1. The monoisotopic (exact) mass is 596 g/mol. The number of hydrogen-bond acceptors (Lipinski definition) is 7. The standard InChI is InChI=1S/C25H24ClF3N6O4S/c1-33-13-21(31-32-33)16-10-17(16)22-18(24(36)37)11-30-35(22)15-6-3-5-14(9-15)12-34(2)40(38,39)23-19(25(27,28)29)7-4-8-20(23)26/h3-9,11,13,16-17,24,36-37H,10,12H2,1-2H3/t16-,17-/m1/s1. The van der Waals surface area contributed by atoms with E-state index in [2.05, 4.69) is 15.4 Å². The number of aromatic nitrogens is 5. The van der Waals surface area contributed by atoms with Gasteiger partial charge in [0.05, 0.1) is 33.9 Å². The lowest BCUT2D eigenvalue weighted by molar-refractivity contribution is -0.139. The van der Waals surface area contributed by atoms with Crippen LogP contribution in [-0.4, -0.2) is 54.8 Å². The fourth-order valence-corrected chi connectivity index (χ4v) is 6.66. The highest BCUT2D eigenvalue weighted by atomic mass is 35.5. The molecule has 0 unspecified atom stereocenters. The lowest BCUT2D eigenvalue weighted by Crippen LogP contribution is -2.29. The van der Waals surface area contributed by atoms with Gasteiger partial charge in [0, 0.05) is 44.2 Å². The topological polar surface area (TPSA) is 126 Å². The molecule has 40 heavy (non-hydrogen) atoms. The summed E-state index contributed by atoms with van der Waals surface area (Å²) in [6, 6.07) is 9.42. The summed E-state index contributed by atoms with van der Waals surface area (Å²) in [7, 11) is -1.72. The largest absolute Gasteiger partial charge is 0.417 e. The van der Waals surface area contributed by atoms with E-state index in [0.717, 1.165) is 22.1 Å². The summed E-state index contributed by atoms with van der Waals surface area (Å²) in [6.45, 7) is -0.267. The number of rotatable bonds is 8. The van der Waals surface area contributed by atoms with Gasteiger partial charge < -0.3 is 10.2 Å². The van der Waals surface area contributed by atoms with Gasteiger partial charge in [-0.05, 0) is 36.2 Å². The molecule has 2 N–H and O–H groups in total. The zero-order valence-corrected chi connectivity index (χ0v) is 22.7. The molecule has 212 valence electrons. The third kappa shape index (κ3) is 5.24. The van der Waals surface area contributed by atoms with E-state index in [1.54, 1.807) is 46.9 Å². The van der Waals surface area contributed by atoms with Crippen LogP contribution in [0, 0.1) is 0 Å². The Kier molecular flexibility index (Phi) is 7.25. The normalized spacial score (nSPS) is 17.6. The van der Waals surface area contributed by atoms with Gasteiger partial charge in [-0.1, -0.05) is 35.0 Å². The molecule has 0 aliphatic heterocycles. The van der Waals surface area contributed by atoms with Crippen LogP contribution in [0.25, 0.3) is 5.69 Å². The van der Waals surface area contributed by atoms with Crippen LogP contribution < -0.4 is 0 Å². The second-order valence-corrected chi connectivity index (χ2v) is 12.0. The van der Waals surface area contributed by atoms with Crippen molar-refractivity contribution in [2.45, 2.75) is 42.2 Å². The van der Waals surface area contributed by atoms with Gasteiger partial charge in [0.2, 0.25) is 10.0 Å². The maximum atomic E-state index is 13.6. The number of nitrogens with zero attached hydrogens (tertiary/aromatic N) is 6. The summed E-state index contributed by atoms with van der Waals surface area (Å²) in [5, 5.41) is 31.9. The maximum Gasteiger partial charge on any atom is 0.417 e. The Morgan fingerprint density at radius 1 is 1.18 bits per heavy atom. The van der Waals surface area contributed by atoms with Gasteiger partial charge in [-0.2, -0.15) is 22.6 Å². The molecule has 0 spiro atoms. The fourth-order valence-electron chi connectivity index (χ4n) is 4.78. The highest BCUT2D eigenvalue weighted by Crippen LogP contribution is 2.55. The van der Waals surface area contributed by atoms with E-state index in [4.69, 9.17) is 11.6 Å². The second-order valence-electron chi connectivity index (χ2n) is 9.58. The molecule has 15 heteroatoms. The van der Waals surface area contributed by atoms with Crippen LogP contribution in [0.2, 0.25) is 5.02 Å². The molecule has 1 aliphatic carbocycles. The van der Waals surface area contributed by atoms with Crippen molar-refractivity contribution in [3.05, 3.63) is 88.0 Å². The molecule has 1 aliphatic rings. The molecule has 2 atom stereocenters. The van der Waals surface area contributed by atoms with E-state index in [0.29, 0.717) is 29.4 Å². The van der Waals surface area contributed by atoms with Gasteiger partial charge in [0.15, 0.2) is 6.29 Å². The van der Waals surface area contributed by atoms with Gasteiger partial charge in [0.25, 0.3) is 0 Å². The Bertz CT molecular complexity index is 1670. The molecule has 1 saturated carbocycles. The molecular weight excluding hydrogens is 573 g/mol. The first kappa shape index (κ1) is 28.2.